The van der Waals surface area contributed by atoms with Gasteiger partial charge in [-0.3, -0.25) is 9.78 Å². The number of carbonyl (C=O) groups excluding carboxylic acids is 1. The number of aromatic nitrogens is 1. The van der Waals surface area contributed by atoms with Crippen LogP contribution in [0.15, 0.2) is 53.9 Å². The first-order valence-electron chi connectivity index (χ1n) is 7.66. The second kappa shape index (κ2) is 6.41. The molecule has 2 heterocycles. The number of carbonyl (C=O) groups is 1. The molecule has 0 saturated heterocycles. The van der Waals surface area contributed by atoms with E-state index >= 15 is 0 Å². The van der Waals surface area contributed by atoms with Gasteiger partial charge in [-0.25, -0.2) is 0 Å². The summed E-state index contributed by atoms with van der Waals surface area (Å²) in [5, 5.41) is 16.5. The number of methoxy groups -OCH3 is 1. The van der Waals surface area contributed by atoms with Gasteiger partial charge in [0, 0.05) is 30.1 Å². The lowest BCUT2D eigenvalue weighted by atomic mass is 9.98. The van der Waals surface area contributed by atoms with Crippen LogP contribution in [0.4, 0.5) is 0 Å². The zero-order valence-corrected chi connectivity index (χ0v) is 13.6. The highest BCUT2D eigenvalue weighted by Gasteiger charge is 2.44. The Kier molecular flexibility index (Phi) is 4.31. The third-order valence-electron chi connectivity index (χ3n) is 4.02. The van der Waals surface area contributed by atoms with Crippen molar-refractivity contribution in [2.45, 2.75) is 25.5 Å². The molecule has 1 atom stereocenters. The van der Waals surface area contributed by atoms with Gasteiger partial charge in [-0.15, -0.1) is 0 Å². The summed E-state index contributed by atoms with van der Waals surface area (Å²) in [5.41, 5.74) is 0.674. The summed E-state index contributed by atoms with van der Waals surface area (Å²) in [5.74, 6) is 0.464. The van der Waals surface area contributed by atoms with Crippen LogP contribution >= 0.6 is 0 Å². The van der Waals surface area contributed by atoms with Crippen molar-refractivity contribution in [2.75, 3.05) is 7.11 Å². The second-order valence-corrected chi connectivity index (χ2v) is 5.79. The van der Waals surface area contributed by atoms with Crippen LogP contribution in [0.2, 0.25) is 0 Å². The van der Waals surface area contributed by atoms with Crippen molar-refractivity contribution in [3.8, 4) is 5.75 Å². The van der Waals surface area contributed by atoms with E-state index in [9.17, 15) is 9.90 Å². The molecular formula is C18H19N3O3. The third-order valence-corrected chi connectivity index (χ3v) is 4.02. The zero-order chi connectivity index (χ0) is 17.2. The van der Waals surface area contributed by atoms with Crippen LogP contribution in [0.25, 0.3) is 0 Å². The number of hydrogen-bond donors (Lipinski definition) is 1. The number of amides is 1. The molecule has 6 heteroatoms. The van der Waals surface area contributed by atoms with Crippen LogP contribution in [-0.2, 0) is 16.9 Å². The van der Waals surface area contributed by atoms with Crippen LogP contribution in [0, 0.1) is 0 Å². The van der Waals surface area contributed by atoms with Gasteiger partial charge < -0.3 is 9.84 Å². The lowest BCUT2D eigenvalue weighted by Gasteiger charge is -2.31. The number of hydrogen-bond acceptors (Lipinski definition) is 5. The van der Waals surface area contributed by atoms with Crippen molar-refractivity contribution in [1.29, 1.82) is 0 Å². The van der Waals surface area contributed by atoms with Crippen molar-refractivity contribution >= 4 is 11.6 Å². The average molecular weight is 325 g/mol. The fourth-order valence-corrected chi connectivity index (χ4v) is 2.82. The maximum absolute atomic E-state index is 12.7. The van der Waals surface area contributed by atoms with E-state index in [1.807, 2.05) is 12.1 Å². The van der Waals surface area contributed by atoms with Crippen LogP contribution in [0.5, 0.6) is 5.75 Å². The first-order chi connectivity index (χ1) is 11.5. The predicted molar refractivity (Wildman–Crippen MR) is 89.4 cm³/mol. The van der Waals surface area contributed by atoms with E-state index in [4.69, 9.17) is 4.74 Å². The third kappa shape index (κ3) is 3.00. The standard InChI is InChI=1S/C18H19N3O3/c1-13-12-18(23,15-7-9-19-10-8-15)21(20-13)17(22)11-14-3-5-16(24-2)6-4-14/h3-10,23H,11-12H2,1-2H3/t18-/m1/s1. The van der Waals surface area contributed by atoms with E-state index in [0.29, 0.717) is 11.3 Å². The van der Waals surface area contributed by atoms with Crippen molar-refractivity contribution in [3.05, 3.63) is 59.9 Å². The van der Waals surface area contributed by atoms with Gasteiger partial charge in [-0.1, -0.05) is 12.1 Å². The summed E-state index contributed by atoms with van der Waals surface area (Å²) in [6.07, 6.45) is 3.61. The first kappa shape index (κ1) is 16.1. The van der Waals surface area contributed by atoms with Gasteiger partial charge >= 0.3 is 0 Å². The molecule has 0 radical (unpaired) electrons. The van der Waals surface area contributed by atoms with Crippen LogP contribution in [0.1, 0.15) is 24.5 Å². The Balaban J connectivity index is 1.83. The van der Waals surface area contributed by atoms with E-state index in [0.717, 1.165) is 11.3 Å². The minimum atomic E-state index is -1.46. The van der Waals surface area contributed by atoms with Crippen molar-refractivity contribution in [2.24, 2.45) is 5.10 Å². The Morgan fingerprint density at radius 1 is 1.25 bits per heavy atom. The number of hydrazone groups is 1. The molecule has 1 amide bonds. The Morgan fingerprint density at radius 3 is 2.54 bits per heavy atom. The summed E-state index contributed by atoms with van der Waals surface area (Å²) in [6.45, 7) is 1.80. The number of nitrogens with zero attached hydrogens (tertiary/aromatic N) is 3. The molecule has 6 nitrogen and oxygen atoms in total. The van der Waals surface area contributed by atoms with Crippen molar-refractivity contribution < 1.29 is 14.6 Å². The fourth-order valence-electron chi connectivity index (χ4n) is 2.82. The highest BCUT2D eigenvalue weighted by Crippen LogP contribution is 2.35. The van der Waals surface area contributed by atoms with Crippen molar-refractivity contribution in [1.82, 2.24) is 9.99 Å². The molecule has 1 N–H and O–H groups in total. The molecule has 0 aliphatic carbocycles. The molecule has 1 aromatic carbocycles. The van der Waals surface area contributed by atoms with Crippen LogP contribution in [-0.4, -0.2) is 33.8 Å². The minimum absolute atomic E-state index is 0.147. The molecule has 0 fully saturated rings. The maximum Gasteiger partial charge on any atom is 0.250 e. The smallest absolute Gasteiger partial charge is 0.250 e. The molecule has 124 valence electrons. The Labute approximate surface area is 140 Å². The lowest BCUT2D eigenvalue weighted by molar-refractivity contribution is -0.157. The Morgan fingerprint density at radius 2 is 1.92 bits per heavy atom. The molecule has 0 bridgehead atoms. The van der Waals surface area contributed by atoms with E-state index < -0.39 is 5.72 Å². The largest absolute Gasteiger partial charge is 0.497 e. The molecule has 0 saturated carbocycles. The van der Waals surface area contributed by atoms with Gasteiger partial charge in [0.2, 0.25) is 5.91 Å². The molecule has 24 heavy (non-hydrogen) atoms. The molecule has 2 aromatic rings. The second-order valence-electron chi connectivity index (χ2n) is 5.79. The Hall–Kier alpha value is -2.73. The quantitative estimate of drug-likeness (QED) is 0.934. The molecule has 1 aliphatic heterocycles. The molecule has 0 spiro atoms. The molecule has 0 unspecified atom stereocenters. The van der Waals surface area contributed by atoms with Gasteiger partial charge in [0.15, 0.2) is 5.72 Å². The van der Waals surface area contributed by atoms with E-state index in [1.165, 1.54) is 5.01 Å². The summed E-state index contributed by atoms with van der Waals surface area (Å²) < 4.78 is 5.12. The summed E-state index contributed by atoms with van der Waals surface area (Å²) in [6, 6.07) is 10.7. The topological polar surface area (TPSA) is 75.0 Å². The predicted octanol–water partition coefficient (Wildman–Crippen LogP) is 2.09. The van der Waals surface area contributed by atoms with Crippen LogP contribution < -0.4 is 4.74 Å². The van der Waals surface area contributed by atoms with Gasteiger partial charge in [-0.2, -0.15) is 10.1 Å². The maximum atomic E-state index is 12.7. The number of pyridine rings is 1. The first-order valence-corrected chi connectivity index (χ1v) is 7.66. The molecular weight excluding hydrogens is 306 g/mol. The molecule has 1 aromatic heterocycles. The zero-order valence-electron chi connectivity index (χ0n) is 13.6. The monoisotopic (exact) mass is 325 g/mol. The molecule has 1 aliphatic rings. The normalized spacial score (nSPS) is 20.0. The fraction of sp³-hybridized carbons (Fsp3) is 0.278. The number of aliphatic hydroxyl groups is 1. The SMILES string of the molecule is COc1ccc(CC(=O)N2N=C(C)C[C@@]2(O)c2ccncc2)cc1. The highest BCUT2D eigenvalue weighted by atomic mass is 16.5. The minimum Gasteiger partial charge on any atom is -0.497 e. The number of ether oxygens (including phenoxy) is 1. The van der Waals surface area contributed by atoms with Gasteiger partial charge in [0.05, 0.1) is 13.5 Å². The summed E-state index contributed by atoms with van der Waals surface area (Å²) >= 11 is 0. The summed E-state index contributed by atoms with van der Waals surface area (Å²) in [7, 11) is 1.59. The average Bonchev–Trinajstić information content (AvgIpc) is 2.92. The summed E-state index contributed by atoms with van der Waals surface area (Å²) in [4.78, 5) is 16.7. The van der Waals surface area contributed by atoms with E-state index in [-0.39, 0.29) is 18.7 Å². The van der Waals surface area contributed by atoms with Gasteiger partial charge in [0.1, 0.15) is 5.75 Å². The lowest BCUT2D eigenvalue weighted by Crippen LogP contribution is -2.44. The van der Waals surface area contributed by atoms with Gasteiger partial charge in [0.25, 0.3) is 0 Å². The Bertz CT molecular complexity index is 759. The van der Waals surface area contributed by atoms with E-state index in [2.05, 4.69) is 10.1 Å². The molecule has 3 rings (SSSR count). The van der Waals surface area contributed by atoms with E-state index in [1.54, 1.807) is 50.7 Å². The van der Waals surface area contributed by atoms with Crippen molar-refractivity contribution in [3.63, 3.8) is 0 Å². The number of rotatable bonds is 4. The van der Waals surface area contributed by atoms with Crippen LogP contribution in [0.3, 0.4) is 0 Å². The number of benzene rings is 1. The highest BCUT2D eigenvalue weighted by molar-refractivity contribution is 5.89. The van der Waals surface area contributed by atoms with Gasteiger partial charge in [-0.05, 0) is 36.8 Å².